The van der Waals surface area contributed by atoms with E-state index in [0.29, 0.717) is 0 Å². The zero-order valence-electron chi connectivity index (χ0n) is 9.49. The molecule has 0 N–H and O–H groups in total. The zero-order valence-corrected chi connectivity index (χ0v) is 9.49. The molecule has 0 aliphatic rings. The first-order valence-corrected chi connectivity index (χ1v) is 5.72. The lowest BCUT2D eigenvalue weighted by molar-refractivity contribution is 0.552. The quantitative estimate of drug-likeness (QED) is 0.715. The maximum atomic E-state index is 5.51. The SMILES string of the molecule is CC(C)CCCc1cccc2ccoc12. The van der Waals surface area contributed by atoms with Gasteiger partial charge in [0, 0.05) is 5.39 Å². The van der Waals surface area contributed by atoms with Crippen molar-refractivity contribution in [3.63, 3.8) is 0 Å². The molecule has 0 spiro atoms. The molecule has 15 heavy (non-hydrogen) atoms. The molecule has 1 aromatic carbocycles. The van der Waals surface area contributed by atoms with Gasteiger partial charge in [-0.3, -0.25) is 0 Å². The van der Waals surface area contributed by atoms with Gasteiger partial charge >= 0.3 is 0 Å². The lowest BCUT2D eigenvalue weighted by Crippen LogP contribution is -1.91. The molecule has 1 aromatic heterocycles. The van der Waals surface area contributed by atoms with Gasteiger partial charge < -0.3 is 4.42 Å². The second kappa shape index (κ2) is 4.52. The van der Waals surface area contributed by atoms with Gasteiger partial charge in [0.25, 0.3) is 0 Å². The van der Waals surface area contributed by atoms with Crippen molar-refractivity contribution in [3.05, 3.63) is 36.1 Å². The Bertz CT molecular complexity index is 426. The van der Waals surface area contributed by atoms with Gasteiger partial charge in [-0.1, -0.05) is 38.5 Å². The van der Waals surface area contributed by atoms with Crippen LogP contribution in [0.4, 0.5) is 0 Å². The van der Waals surface area contributed by atoms with E-state index >= 15 is 0 Å². The number of benzene rings is 1. The van der Waals surface area contributed by atoms with E-state index in [9.17, 15) is 0 Å². The van der Waals surface area contributed by atoms with Gasteiger partial charge in [-0.25, -0.2) is 0 Å². The molecule has 2 aromatic rings. The number of hydrogen-bond acceptors (Lipinski definition) is 1. The molecule has 2 rings (SSSR count). The van der Waals surface area contributed by atoms with Crippen LogP contribution in [0.5, 0.6) is 0 Å². The summed E-state index contributed by atoms with van der Waals surface area (Å²) in [4.78, 5) is 0. The van der Waals surface area contributed by atoms with Crippen LogP contribution in [-0.4, -0.2) is 0 Å². The normalized spacial score (nSPS) is 11.4. The van der Waals surface area contributed by atoms with Crippen LogP contribution in [0.3, 0.4) is 0 Å². The number of fused-ring (bicyclic) bond motifs is 1. The molecule has 0 atom stereocenters. The first-order valence-electron chi connectivity index (χ1n) is 5.72. The Labute approximate surface area is 91.1 Å². The van der Waals surface area contributed by atoms with Crippen LogP contribution in [0, 0.1) is 5.92 Å². The highest BCUT2D eigenvalue weighted by Crippen LogP contribution is 2.21. The minimum absolute atomic E-state index is 0.792. The molecular formula is C14H18O. The lowest BCUT2D eigenvalue weighted by atomic mass is 10.0. The smallest absolute Gasteiger partial charge is 0.137 e. The zero-order chi connectivity index (χ0) is 10.7. The topological polar surface area (TPSA) is 13.1 Å². The molecule has 80 valence electrons. The molecule has 1 heterocycles. The minimum Gasteiger partial charge on any atom is -0.464 e. The van der Waals surface area contributed by atoms with E-state index in [1.807, 2.05) is 6.07 Å². The molecule has 0 bridgehead atoms. The fourth-order valence-electron chi connectivity index (χ4n) is 1.95. The Kier molecular flexibility index (Phi) is 3.10. The maximum absolute atomic E-state index is 5.51. The Morgan fingerprint density at radius 3 is 2.87 bits per heavy atom. The summed E-state index contributed by atoms with van der Waals surface area (Å²) in [6, 6.07) is 8.42. The molecule has 0 radical (unpaired) electrons. The van der Waals surface area contributed by atoms with Gasteiger partial charge in [-0.15, -0.1) is 0 Å². The third-order valence-electron chi connectivity index (χ3n) is 2.79. The average molecular weight is 202 g/mol. The summed E-state index contributed by atoms with van der Waals surface area (Å²) >= 11 is 0. The predicted octanol–water partition coefficient (Wildman–Crippen LogP) is 4.41. The number of furan rings is 1. The number of para-hydroxylation sites is 1. The van der Waals surface area contributed by atoms with Crippen LogP contribution in [0.2, 0.25) is 0 Å². The van der Waals surface area contributed by atoms with Crippen molar-refractivity contribution in [2.45, 2.75) is 33.1 Å². The highest BCUT2D eigenvalue weighted by Gasteiger charge is 2.03. The predicted molar refractivity (Wildman–Crippen MR) is 64.0 cm³/mol. The van der Waals surface area contributed by atoms with Gasteiger partial charge in [0.1, 0.15) is 5.58 Å². The van der Waals surface area contributed by atoms with E-state index in [4.69, 9.17) is 4.42 Å². The van der Waals surface area contributed by atoms with Crippen molar-refractivity contribution < 1.29 is 4.42 Å². The lowest BCUT2D eigenvalue weighted by Gasteiger charge is -2.04. The van der Waals surface area contributed by atoms with E-state index in [0.717, 1.165) is 17.9 Å². The Morgan fingerprint density at radius 1 is 1.20 bits per heavy atom. The third-order valence-corrected chi connectivity index (χ3v) is 2.79. The molecule has 0 aliphatic heterocycles. The van der Waals surface area contributed by atoms with Crippen molar-refractivity contribution in [2.75, 3.05) is 0 Å². The van der Waals surface area contributed by atoms with Gasteiger partial charge in [0.15, 0.2) is 0 Å². The molecule has 0 aliphatic carbocycles. The minimum atomic E-state index is 0.792. The molecule has 1 nitrogen and oxygen atoms in total. The fourth-order valence-corrected chi connectivity index (χ4v) is 1.95. The first kappa shape index (κ1) is 10.3. The monoisotopic (exact) mass is 202 g/mol. The van der Waals surface area contributed by atoms with Gasteiger partial charge in [-0.05, 0) is 30.4 Å². The Hall–Kier alpha value is -1.24. The van der Waals surface area contributed by atoms with E-state index in [2.05, 4.69) is 32.0 Å². The Morgan fingerprint density at radius 2 is 2.07 bits per heavy atom. The van der Waals surface area contributed by atoms with E-state index in [-0.39, 0.29) is 0 Å². The fraction of sp³-hybridized carbons (Fsp3) is 0.429. The van der Waals surface area contributed by atoms with Crippen molar-refractivity contribution >= 4 is 11.0 Å². The van der Waals surface area contributed by atoms with Gasteiger partial charge in [0.2, 0.25) is 0 Å². The van der Waals surface area contributed by atoms with E-state index < -0.39 is 0 Å². The summed E-state index contributed by atoms with van der Waals surface area (Å²) in [5.41, 5.74) is 2.42. The first-order chi connectivity index (χ1) is 7.27. The molecular weight excluding hydrogens is 184 g/mol. The number of aryl methyl sites for hydroxylation is 1. The molecule has 0 saturated heterocycles. The summed E-state index contributed by atoms with van der Waals surface area (Å²) in [7, 11) is 0. The van der Waals surface area contributed by atoms with Gasteiger partial charge in [0.05, 0.1) is 6.26 Å². The summed E-state index contributed by atoms with van der Waals surface area (Å²) in [6.07, 6.45) is 5.44. The third kappa shape index (κ3) is 2.41. The maximum Gasteiger partial charge on any atom is 0.137 e. The van der Waals surface area contributed by atoms with Crippen LogP contribution in [0.25, 0.3) is 11.0 Å². The van der Waals surface area contributed by atoms with E-state index in [1.165, 1.54) is 23.8 Å². The summed E-state index contributed by atoms with van der Waals surface area (Å²) < 4.78 is 5.51. The van der Waals surface area contributed by atoms with Crippen molar-refractivity contribution in [1.82, 2.24) is 0 Å². The van der Waals surface area contributed by atoms with Crippen LogP contribution < -0.4 is 0 Å². The van der Waals surface area contributed by atoms with Crippen LogP contribution >= 0.6 is 0 Å². The van der Waals surface area contributed by atoms with Crippen LogP contribution in [-0.2, 0) is 6.42 Å². The molecule has 0 unspecified atom stereocenters. The van der Waals surface area contributed by atoms with Crippen molar-refractivity contribution in [1.29, 1.82) is 0 Å². The highest BCUT2D eigenvalue weighted by molar-refractivity contribution is 5.80. The molecule has 0 saturated carbocycles. The molecule has 1 heteroatoms. The van der Waals surface area contributed by atoms with Crippen LogP contribution in [0.15, 0.2) is 34.9 Å². The summed E-state index contributed by atoms with van der Waals surface area (Å²) in [5.74, 6) is 0.792. The molecule has 0 fully saturated rings. The van der Waals surface area contributed by atoms with Gasteiger partial charge in [-0.2, -0.15) is 0 Å². The number of hydrogen-bond donors (Lipinski definition) is 0. The van der Waals surface area contributed by atoms with Crippen LogP contribution in [0.1, 0.15) is 32.3 Å². The number of rotatable bonds is 4. The highest BCUT2D eigenvalue weighted by atomic mass is 16.3. The second-order valence-corrected chi connectivity index (χ2v) is 4.54. The van der Waals surface area contributed by atoms with Crippen molar-refractivity contribution in [3.8, 4) is 0 Å². The van der Waals surface area contributed by atoms with E-state index in [1.54, 1.807) is 6.26 Å². The average Bonchev–Trinajstić information content (AvgIpc) is 2.65. The Balaban J connectivity index is 2.10. The summed E-state index contributed by atoms with van der Waals surface area (Å²) in [6.45, 7) is 4.54. The van der Waals surface area contributed by atoms with Crippen molar-refractivity contribution in [2.24, 2.45) is 5.92 Å². The second-order valence-electron chi connectivity index (χ2n) is 4.54. The largest absolute Gasteiger partial charge is 0.464 e. The molecule has 0 amide bonds. The standard InChI is InChI=1S/C14H18O/c1-11(2)5-3-6-12-7-4-8-13-9-10-15-14(12)13/h4,7-11H,3,5-6H2,1-2H3. The summed E-state index contributed by atoms with van der Waals surface area (Å²) in [5, 5.41) is 1.22.